The first-order valence-corrected chi connectivity index (χ1v) is 44.4. The maximum atomic E-state index is 11.6. The zero-order valence-electron chi connectivity index (χ0n) is 67.0. The highest BCUT2D eigenvalue weighted by atomic mass is 16.5. The van der Waals surface area contributed by atoms with Gasteiger partial charge in [0.25, 0.3) is 0 Å². The summed E-state index contributed by atoms with van der Waals surface area (Å²) < 4.78 is 16.2. The second kappa shape index (κ2) is 31.1. The highest BCUT2D eigenvalue weighted by molar-refractivity contribution is 5.74. The third-order valence-electron chi connectivity index (χ3n) is 39.0. The van der Waals surface area contributed by atoms with Crippen molar-refractivity contribution in [2.24, 2.45) is 254 Å². The maximum absolute atomic E-state index is 11.6. The number of carboxylic acids is 3. The number of fused-ring (bicyclic) bond motifs is 25. The minimum Gasteiger partial charge on any atom is -0.481 e. The zero-order chi connectivity index (χ0) is 73.4. The van der Waals surface area contributed by atoms with Crippen LogP contribution in [0.25, 0.3) is 0 Å². The second-order valence-electron chi connectivity index (χ2n) is 41.7. The van der Waals surface area contributed by atoms with Crippen LogP contribution in [-0.2, 0) is 33.4 Å². The van der Waals surface area contributed by atoms with Gasteiger partial charge in [0.2, 0.25) is 0 Å². The van der Waals surface area contributed by atoms with E-state index in [4.69, 9.17) is 24.4 Å². The molecule has 3 aliphatic heterocycles. The summed E-state index contributed by atoms with van der Waals surface area (Å²) in [4.78, 5) is 45.2. The Balaban J connectivity index is 0.000000102. The molecule has 18 bridgehead atoms. The van der Waals surface area contributed by atoms with Gasteiger partial charge in [-0.25, -0.2) is 0 Å². The van der Waals surface area contributed by atoms with Gasteiger partial charge in [-0.1, -0.05) is 96.9 Å². The SMILES string of the molecule is CC1C(C)C2CC1C1C3CC(CC(=O)O)C(C3)C21.CC1C(C)C2CCC1C1C3CCC(C(C(=O)O)C3)C21.CC1C2CC(C3CCOC3=O)C(C2)C1C.CC1C2CCC(C(C(=O)O)C2)C1C.CC1C2CCC(C(O)C2)C1C.CC1CC2C3CCC(CC3CO)C2C1C.COCC1CC2OC1C(C)C2C. The van der Waals surface area contributed by atoms with Crippen LogP contribution in [0.1, 0.15) is 245 Å². The third-order valence-corrected chi connectivity index (χ3v) is 39.0. The second-order valence-corrected chi connectivity index (χ2v) is 41.7. The third kappa shape index (κ3) is 13.9. The minimum atomic E-state index is -0.575. The predicted octanol–water partition coefficient (Wildman–Crippen LogP) is 18.5. The van der Waals surface area contributed by atoms with E-state index in [2.05, 4.69) is 96.9 Å². The largest absolute Gasteiger partial charge is 0.481 e. The molecule has 46 atom stereocenters. The van der Waals surface area contributed by atoms with Crippen LogP contribution in [-0.4, -0.2) is 94.7 Å². The molecule has 25 rings (SSSR count). The monoisotopic (exact) mass is 1430 g/mol. The van der Waals surface area contributed by atoms with E-state index in [1.807, 2.05) is 0 Å². The maximum Gasteiger partial charge on any atom is 0.309 e. The van der Waals surface area contributed by atoms with Crippen LogP contribution in [0.15, 0.2) is 0 Å². The van der Waals surface area contributed by atoms with Gasteiger partial charge >= 0.3 is 23.9 Å². The van der Waals surface area contributed by atoms with E-state index in [1.165, 1.54) is 109 Å². The van der Waals surface area contributed by atoms with Crippen LogP contribution in [0.2, 0.25) is 0 Å². The molecule has 103 heavy (non-hydrogen) atoms. The molecule has 0 aromatic carbocycles. The molecule has 46 unspecified atom stereocenters. The number of carboxylic acid groups (broad SMARTS) is 3. The van der Waals surface area contributed by atoms with Gasteiger partial charge in [0.1, 0.15) is 0 Å². The van der Waals surface area contributed by atoms with Gasteiger partial charge in [0.15, 0.2) is 0 Å². The Labute approximate surface area is 623 Å². The average molecular weight is 1430 g/mol. The standard InChI is InChI=1S/C17H26O2.C16H24O2.C14H24O.C13H20O2.C11H18O2.C10H18O2.C10H18O/c1-8-9(2)12-6-5-11(8)15-10-3-4-13(16(12)15)14(7-10)17(18)19;1-7-8(2)12-6-11(7)15-10-3-9(5-14(17)18)13(4-10)16(12)15;1-8-5-13-12-4-3-10(6-11(12)7-15)14(13)9(8)2;1-7-8(2)11-5-9(7)6-12(11)10-3-4-15-13(10)14;1-6-7(2)9-4-3-8(6)5-10(9)11(12)13;1-6-7(2)10-8(5-11-3)4-9(6)12-10;1-6-7(2)9-4-3-8(6)5-10(9)11/h8-16H,3-7H2,1-2H3,(H,18,19);7-13,15-16H,3-6H2,1-2H3,(H,17,18);8-15H,3-7H2,1-2H3;7-12H,3-6H2,1-2H3;6-10H,3-5H2,1-2H3,(H,12,13);6-10H,4-5H2,1-3H3;6-11H,3-5H2,1-2H3. The van der Waals surface area contributed by atoms with Crippen LogP contribution in [0.3, 0.4) is 0 Å². The van der Waals surface area contributed by atoms with Crippen LogP contribution in [0.4, 0.5) is 0 Å². The summed E-state index contributed by atoms with van der Waals surface area (Å²) in [6.07, 6.45) is 29.4. The molecule has 12 nitrogen and oxygen atoms in total. The number of esters is 1. The van der Waals surface area contributed by atoms with Crippen molar-refractivity contribution >= 4 is 23.9 Å². The smallest absolute Gasteiger partial charge is 0.309 e. The quantitative estimate of drug-likeness (QED) is 0.114. The molecule has 25 fully saturated rings. The highest BCUT2D eigenvalue weighted by Gasteiger charge is 2.67. The average Bonchev–Trinajstić information content (AvgIpc) is 1.65. The number of rotatable bonds is 8. The van der Waals surface area contributed by atoms with Crippen molar-refractivity contribution in [3.8, 4) is 0 Å². The van der Waals surface area contributed by atoms with Crippen LogP contribution >= 0.6 is 0 Å². The number of aliphatic hydroxyl groups excluding tert-OH is 2. The number of ether oxygens (including phenoxy) is 3. The molecular weight excluding hydrogens is 1280 g/mol. The summed E-state index contributed by atoms with van der Waals surface area (Å²) in [5, 5.41) is 46.8. The normalized spacial score (nSPS) is 56.0. The Morgan fingerprint density at radius 2 is 0.883 bits per heavy atom. The Bertz CT molecular complexity index is 2920. The van der Waals surface area contributed by atoms with E-state index in [1.54, 1.807) is 7.11 Å². The number of aliphatic hydroxyl groups is 2. The van der Waals surface area contributed by atoms with Crippen LogP contribution in [0, 0.1) is 254 Å². The first-order valence-electron chi connectivity index (χ1n) is 44.4. The number of hydrogen-bond acceptors (Lipinski definition) is 9. The summed E-state index contributed by atoms with van der Waals surface area (Å²) >= 11 is 0. The molecule has 25 aliphatic rings. The number of cyclic esters (lactones) is 1. The Hall–Kier alpha value is -2.28. The Morgan fingerprint density at radius 1 is 0.388 bits per heavy atom. The van der Waals surface area contributed by atoms with Crippen LogP contribution in [0.5, 0.6) is 0 Å². The summed E-state index contributed by atoms with van der Waals surface area (Å²) in [6, 6.07) is 0. The van der Waals surface area contributed by atoms with E-state index < -0.39 is 17.9 Å². The predicted molar refractivity (Wildman–Crippen MR) is 403 cm³/mol. The van der Waals surface area contributed by atoms with Gasteiger partial charge in [-0.05, 0) is 372 Å². The lowest BCUT2D eigenvalue weighted by atomic mass is 9.39. The van der Waals surface area contributed by atoms with Crippen molar-refractivity contribution in [2.45, 2.75) is 263 Å². The topological polar surface area (TPSA) is 197 Å². The van der Waals surface area contributed by atoms with E-state index in [-0.39, 0.29) is 29.8 Å². The fraction of sp³-hybridized carbons (Fsp3) is 0.956. The lowest BCUT2D eigenvalue weighted by molar-refractivity contribution is -0.185. The van der Waals surface area contributed by atoms with Crippen molar-refractivity contribution in [3.05, 3.63) is 0 Å². The van der Waals surface area contributed by atoms with Crippen molar-refractivity contribution < 1.29 is 58.9 Å². The van der Waals surface area contributed by atoms with E-state index in [0.717, 1.165) is 222 Å². The molecule has 3 heterocycles. The van der Waals surface area contributed by atoms with Crippen molar-refractivity contribution in [2.75, 3.05) is 26.9 Å². The number of carbonyl (C=O) groups excluding carboxylic acids is 1. The molecule has 0 radical (unpaired) electrons. The number of aliphatic carboxylic acids is 3. The van der Waals surface area contributed by atoms with E-state index in [0.29, 0.717) is 85.1 Å². The lowest BCUT2D eigenvalue weighted by Crippen LogP contribution is -2.60. The number of methoxy groups -OCH3 is 1. The van der Waals surface area contributed by atoms with Gasteiger partial charge in [-0.15, -0.1) is 0 Å². The molecule has 22 saturated carbocycles. The Kier molecular flexibility index (Phi) is 23.4. The van der Waals surface area contributed by atoms with Gasteiger partial charge in [0.05, 0.1) is 49.3 Å². The van der Waals surface area contributed by atoms with Crippen LogP contribution < -0.4 is 0 Å². The molecule has 0 aromatic rings. The minimum absolute atomic E-state index is 0.0122. The van der Waals surface area contributed by atoms with Crippen molar-refractivity contribution in [1.29, 1.82) is 0 Å². The first-order chi connectivity index (χ1) is 49.1. The number of hydrogen-bond donors (Lipinski definition) is 5. The van der Waals surface area contributed by atoms with Gasteiger partial charge in [-0.3, -0.25) is 19.2 Å². The van der Waals surface area contributed by atoms with Crippen molar-refractivity contribution in [1.82, 2.24) is 0 Å². The van der Waals surface area contributed by atoms with Crippen molar-refractivity contribution in [3.63, 3.8) is 0 Å². The van der Waals surface area contributed by atoms with Gasteiger partial charge < -0.3 is 39.7 Å². The molecule has 584 valence electrons. The molecule has 0 amide bonds. The first kappa shape index (κ1) is 77.4. The molecule has 0 spiro atoms. The molecular formula is C91H148O12. The molecule has 5 N–H and O–H groups in total. The molecule has 3 saturated heterocycles. The fourth-order valence-electron chi connectivity index (χ4n) is 32.6. The summed E-state index contributed by atoms with van der Waals surface area (Å²) in [5.41, 5.74) is 0. The summed E-state index contributed by atoms with van der Waals surface area (Å²) in [7, 11) is 1.78. The molecule has 0 aromatic heterocycles. The fourth-order valence-corrected chi connectivity index (χ4v) is 32.6. The van der Waals surface area contributed by atoms with E-state index >= 15 is 0 Å². The lowest BCUT2D eigenvalue weighted by Gasteiger charge is -2.65. The zero-order valence-corrected chi connectivity index (χ0v) is 67.0. The highest BCUT2D eigenvalue weighted by Crippen LogP contribution is 2.72. The molecule has 22 aliphatic carbocycles. The summed E-state index contributed by atoms with van der Waals surface area (Å²) in [5.74, 6) is 30.9. The molecule has 12 heteroatoms. The Morgan fingerprint density at radius 3 is 1.45 bits per heavy atom. The van der Waals surface area contributed by atoms with Gasteiger partial charge in [0, 0.05) is 26.1 Å². The summed E-state index contributed by atoms with van der Waals surface area (Å²) in [6.45, 7) is 35.3. The number of carbonyl (C=O) groups is 4. The van der Waals surface area contributed by atoms with E-state index in [9.17, 15) is 34.5 Å². The van der Waals surface area contributed by atoms with Gasteiger partial charge in [-0.2, -0.15) is 0 Å².